The maximum atomic E-state index is 13.5. The molecule has 7 nitrogen and oxygen atoms in total. The van der Waals surface area contributed by atoms with E-state index in [9.17, 15) is 18.8 Å². The van der Waals surface area contributed by atoms with E-state index in [1.807, 2.05) is 12.1 Å². The molecule has 0 radical (unpaired) electrons. The first-order valence-corrected chi connectivity index (χ1v) is 13.9. The topological polar surface area (TPSA) is 79.0 Å². The monoisotopic (exact) mass is 537 g/mol. The van der Waals surface area contributed by atoms with Crippen LogP contribution in [0.2, 0.25) is 5.02 Å². The van der Waals surface area contributed by atoms with Gasteiger partial charge in [-0.15, -0.1) is 0 Å². The number of carbonyl (C=O) groups is 3. The zero-order valence-corrected chi connectivity index (χ0v) is 21.7. The fourth-order valence-corrected chi connectivity index (χ4v) is 7.46. The number of fused-ring (bicyclic) bond motifs is 3. The predicted molar refractivity (Wildman–Crippen MR) is 137 cm³/mol. The minimum absolute atomic E-state index is 0.0424. The number of benzene rings is 2. The Morgan fingerprint density at radius 2 is 1.79 bits per heavy atom. The van der Waals surface area contributed by atoms with Gasteiger partial charge in [0.15, 0.2) is 0 Å². The molecule has 2 aromatic carbocycles. The standard InChI is InChI=1S/C29H29ClFN3O4/c30-23-10-19(31)5-7-21(23)18-13-33(14-18)24-3-1-2-4-25(24)38-20-6-8-22-16(9-20)15-34(27(22)36)29-11-17(12-29)26(35)32-28(29)37/h5-10,17-18,24-25H,1-4,11-15H2,(H,32,35,37)/t17?,24-,25-,29?/m1/s1. The second-order valence-electron chi connectivity index (χ2n) is 11.5. The number of nitrogens with zero attached hydrogens (tertiary/aromatic N) is 2. The third-order valence-corrected chi connectivity index (χ3v) is 9.66. The summed E-state index contributed by atoms with van der Waals surface area (Å²) in [6, 6.07) is 10.5. The minimum Gasteiger partial charge on any atom is -0.489 e. The highest BCUT2D eigenvalue weighted by atomic mass is 35.5. The molecular weight excluding hydrogens is 509 g/mol. The number of rotatable bonds is 5. The largest absolute Gasteiger partial charge is 0.489 e. The van der Waals surface area contributed by atoms with Crippen molar-refractivity contribution in [2.75, 3.05) is 13.1 Å². The van der Waals surface area contributed by atoms with Gasteiger partial charge in [-0.3, -0.25) is 24.6 Å². The summed E-state index contributed by atoms with van der Waals surface area (Å²) in [6.07, 6.45) is 5.14. The molecule has 4 heterocycles. The van der Waals surface area contributed by atoms with Crippen molar-refractivity contribution in [2.45, 2.75) is 68.7 Å². The molecule has 9 heteroatoms. The number of ether oxygens (including phenoxy) is 1. The Balaban J connectivity index is 1.04. The van der Waals surface area contributed by atoms with Crippen molar-refractivity contribution in [1.29, 1.82) is 0 Å². The summed E-state index contributed by atoms with van der Waals surface area (Å²) < 4.78 is 20.0. The van der Waals surface area contributed by atoms with Crippen LogP contribution < -0.4 is 10.1 Å². The van der Waals surface area contributed by atoms with Crippen molar-refractivity contribution in [3.05, 3.63) is 63.9 Å². The van der Waals surface area contributed by atoms with Gasteiger partial charge in [-0.2, -0.15) is 0 Å². The minimum atomic E-state index is -0.911. The summed E-state index contributed by atoms with van der Waals surface area (Å²) in [5.41, 5.74) is 1.55. The first-order valence-electron chi connectivity index (χ1n) is 13.5. The number of halogens is 2. The Kier molecular flexibility index (Phi) is 5.57. The highest BCUT2D eigenvalue weighted by Crippen LogP contribution is 2.49. The molecule has 0 spiro atoms. The van der Waals surface area contributed by atoms with E-state index in [4.69, 9.17) is 16.3 Å². The van der Waals surface area contributed by atoms with Crippen molar-refractivity contribution in [2.24, 2.45) is 5.92 Å². The summed E-state index contributed by atoms with van der Waals surface area (Å²) in [7, 11) is 0. The number of nitrogens with one attached hydrogen (secondary N) is 1. The zero-order valence-electron chi connectivity index (χ0n) is 20.9. The van der Waals surface area contributed by atoms with Gasteiger partial charge in [-0.1, -0.05) is 24.1 Å². The van der Waals surface area contributed by atoms with E-state index in [0.717, 1.165) is 55.6 Å². The van der Waals surface area contributed by atoms with Gasteiger partial charge in [0.1, 0.15) is 23.2 Å². The van der Waals surface area contributed by atoms with E-state index in [1.54, 1.807) is 17.0 Å². The van der Waals surface area contributed by atoms with Crippen LogP contribution in [0.15, 0.2) is 36.4 Å². The molecule has 2 aromatic rings. The summed E-state index contributed by atoms with van der Waals surface area (Å²) in [4.78, 5) is 41.9. The number of amides is 3. The first-order chi connectivity index (χ1) is 18.3. The molecule has 1 N–H and O–H groups in total. The Morgan fingerprint density at radius 3 is 2.55 bits per heavy atom. The van der Waals surface area contributed by atoms with Crippen LogP contribution in [0.25, 0.3) is 0 Å². The Bertz CT molecular complexity index is 1350. The first kappa shape index (κ1) is 24.1. The van der Waals surface area contributed by atoms with Gasteiger partial charge >= 0.3 is 0 Å². The van der Waals surface area contributed by atoms with Crippen LogP contribution in [0.5, 0.6) is 5.75 Å². The van der Waals surface area contributed by atoms with E-state index in [0.29, 0.717) is 41.9 Å². The SMILES string of the molecule is O=C1NC(=O)C2(N3Cc4cc(O[C@@H]5CCCC[C@H]5N5CC(c6ccc(F)cc6Cl)C5)ccc4C3=O)CC1C2. The number of hydrogen-bond acceptors (Lipinski definition) is 5. The second-order valence-corrected chi connectivity index (χ2v) is 11.9. The molecule has 6 aliphatic rings. The van der Waals surface area contributed by atoms with Crippen LogP contribution in [-0.4, -0.2) is 58.3 Å². The van der Waals surface area contributed by atoms with Crippen LogP contribution in [-0.2, 0) is 16.1 Å². The van der Waals surface area contributed by atoms with Gasteiger partial charge in [0.25, 0.3) is 11.8 Å². The Morgan fingerprint density at radius 1 is 1.00 bits per heavy atom. The van der Waals surface area contributed by atoms with E-state index < -0.39 is 5.54 Å². The van der Waals surface area contributed by atoms with Gasteiger partial charge in [0, 0.05) is 48.1 Å². The number of piperidine rings is 2. The summed E-state index contributed by atoms with van der Waals surface area (Å²) >= 11 is 6.30. The molecule has 2 atom stereocenters. The van der Waals surface area contributed by atoms with Gasteiger partial charge in [-0.25, -0.2) is 4.39 Å². The van der Waals surface area contributed by atoms with Crippen molar-refractivity contribution < 1.29 is 23.5 Å². The summed E-state index contributed by atoms with van der Waals surface area (Å²) in [5, 5.41) is 2.92. The van der Waals surface area contributed by atoms with E-state index in [2.05, 4.69) is 10.2 Å². The van der Waals surface area contributed by atoms with Crippen LogP contribution in [0.1, 0.15) is 65.9 Å². The maximum Gasteiger partial charge on any atom is 0.255 e. The molecular formula is C29H29ClFN3O4. The van der Waals surface area contributed by atoms with Crippen LogP contribution in [0.3, 0.4) is 0 Å². The van der Waals surface area contributed by atoms with Gasteiger partial charge in [0.2, 0.25) is 5.91 Å². The molecule has 198 valence electrons. The quantitative estimate of drug-likeness (QED) is 0.583. The normalized spacial score (nSPS) is 30.9. The highest BCUT2D eigenvalue weighted by Gasteiger charge is 2.63. The fourth-order valence-electron chi connectivity index (χ4n) is 7.14. The maximum absolute atomic E-state index is 13.5. The molecule has 2 aliphatic carbocycles. The number of carbonyl (C=O) groups excluding carboxylic acids is 3. The van der Waals surface area contributed by atoms with Crippen molar-refractivity contribution in [1.82, 2.24) is 15.1 Å². The Labute approximate surface area is 225 Å². The third-order valence-electron chi connectivity index (χ3n) is 9.33. The number of hydrogen-bond donors (Lipinski definition) is 1. The number of likely N-dealkylation sites (tertiary alicyclic amines) is 1. The number of imide groups is 1. The fraction of sp³-hybridized carbons (Fsp3) is 0.483. The van der Waals surface area contributed by atoms with Crippen molar-refractivity contribution in [3.8, 4) is 5.75 Å². The van der Waals surface area contributed by atoms with Crippen LogP contribution in [0, 0.1) is 11.7 Å². The zero-order chi connectivity index (χ0) is 26.2. The molecule has 0 aromatic heterocycles. The van der Waals surface area contributed by atoms with E-state index >= 15 is 0 Å². The molecule has 38 heavy (non-hydrogen) atoms. The summed E-state index contributed by atoms with van der Waals surface area (Å²) in [6.45, 7) is 2.09. The molecule has 3 amide bonds. The Hall–Kier alpha value is -2.97. The van der Waals surface area contributed by atoms with Gasteiger partial charge in [0.05, 0.1) is 0 Å². The lowest BCUT2D eigenvalue weighted by Gasteiger charge is -2.53. The van der Waals surface area contributed by atoms with Gasteiger partial charge in [-0.05, 0) is 73.6 Å². The molecule has 8 rings (SSSR count). The lowest BCUT2D eigenvalue weighted by atomic mass is 9.63. The van der Waals surface area contributed by atoms with E-state index in [-0.39, 0.29) is 35.6 Å². The molecule has 3 saturated heterocycles. The lowest BCUT2D eigenvalue weighted by Crippen LogP contribution is -2.73. The molecule has 2 saturated carbocycles. The highest BCUT2D eigenvalue weighted by molar-refractivity contribution is 6.31. The molecule has 5 fully saturated rings. The predicted octanol–water partition coefficient (Wildman–Crippen LogP) is 4.03. The van der Waals surface area contributed by atoms with Crippen molar-refractivity contribution >= 4 is 29.3 Å². The average molecular weight is 538 g/mol. The lowest BCUT2D eigenvalue weighted by molar-refractivity contribution is -0.160. The van der Waals surface area contributed by atoms with Crippen LogP contribution >= 0.6 is 11.6 Å². The summed E-state index contributed by atoms with van der Waals surface area (Å²) in [5.74, 6) is -0.219. The van der Waals surface area contributed by atoms with Crippen LogP contribution in [0.4, 0.5) is 4.39 Å². The van der Waals surface area contributed by atoms with Gasteiger partial charge < -0.3 is 9.64 Å². The molecule has 4 aliphatic heterocycles. The second kappa shape index (κ2) is 8.78. The smallest absolute Gasteiger partial charge is 0.255 e. The van der Waals surface area contributed by atoms with E-state index in [1.165, 1.54) is 12.1 Å². The average Bonchev–Trinajstić information content (AvgIpc) is 3.15. The molecule has 2 bridgehead atoms. The van der Waals surface area contributed by atoms with Crippen molar-refractivity contribution in [3.63, 3.8) is 0 Å². The molecule has 0 unspecified atom stereocenters. The third kappa shape index (κ3) is 3.67.